The van der Waals surface area contributed by atoms with Crippen molar-refractivity contribution in [2.75, 3.05) is 38.1 Å². The summed E-state index contributed by atoms with van der Waals surface area (Å²) in [7, 11) is 2.21. The highest BCUT2D eigenvalue weighted by Crippen LogP contribution is 2.30. The molecule has 1 N–H and O–H groups in total. The van der Waals surface area contributed by atoms with Crippen LogP contribution in [0.3, 0.4) is 0 Å². The molecule has 0 amide bonds. The lowest BCUT2D eigenvalue weighted by Gasteiger charge is -2.34. The molecular weight excluding hydrogens is 322 g/mol. The Hall–Kier alpha value is -1.85. The smallest absolute Gasteiger partial charge is 0.137 e. The highest BCUT2D eigenvalue weighted by molar-refractivity contribution is 5.56. The number of nitrogens with one attached hydrogen (secondary N) is 1. The second-order valence-electron chi connectivity index (χ2n) is 7.80. The summed E-state index contributed by atoms with van der Waals surface area (Å²) in [5, 5.41) is 8.78. The number of rotatable bonds is 6. The maximum atomic E-state index is 5.05. The van der Waals surface area contributed by atoms with E-state index in [9.17, 15) is 0 Å². The monoisotopic (exact) mass is 353 g/mol. The first-order valence-corrected chi connectivity index (χ1v) is 10.0. The molecule has 1 aliphatic heterocycles. The van der Waals surface area contributed by atoms with Gasteiger partial charge in [-0.15, -0.1) is 0 Å². The summed E-state index contributed by atoms with van der Waals surface area (Å²) in [4.78, 5) is 4.95. The Bertz CT molecular complexity index is 754. The van der Waals surface area contributed by atoms with E-state index < -0.39 is 0 Å². The summed E-state index contributed by atoms with van der Waals surface area (Å²) >= 11 is 0. The SMILES string of the molecule is CCc1nn(-c2cccc(C)c2)c(N2CCN(C)CC2)c1CNC1CC1. The van der Waals surface area contributed by atoms with Gasteiger partial charge in [0.05, 0.1) is 11.4 Å². The van der Waals surface area contributed by atoms with Gasteiger partial charge in [-0.05, 0) is 50.9 Å². The van der Waals surface area contributed by atoms with Gasteiger partial charge in [0, 0.05) is 44.3 Å². The molecule has 26 heavy (non-hydrogen) atoms. The second-order valence-corrected chi connectivity index (χ2v) is 7.80. The fourth-order valence-corrected chi connectivity index (χ4v) is 3.77. The van der Waals surface area contributed by atoms with E-state index in [-0.39, 0.29) is 0 Å². The highest BCUT2D eigenvalue weighted by atomic mass is 15.4. The Morgan fingerprint density at radius 2 is 1.92 bits per heavy atom. The quantitative estimate of drug-likeness (QED) is 0.866. The topological polar surface area (TPSA) is 36.3 Å². The molecule has 1 aliphatic carbocycles. The van der Waals surface area contributed by atoms with Gasteiger partial charge in [-0.25, -0.2) is 4.68 Å². The van der Waals surface area contributed by atoms with E-state index in [2.05, 4.69) is 65.0 Å². The van der Waals surface area contributed by atoms with Crippen LogP contribution in [0, 0.1) is 6.92 Å². The molecule has 2 aromatic rings. The van der Waals surface area contributed by atoms with Crippen molar-refractivity contribution in [1.29, 1.82) is 0 Å². The Kier molecular flexibility index (Phi) is 5.00. The molecule has 5 nitrogen and oxygen atoms in total. The van der Waals surface area contributed by atoms with Crippen LogP contribution in [-0.4, -0.2) is 53.9 Å². The number of aromatic nitrogens is 2. The van der Waals surface area contributed by atoms with Gasteiger partial charge in [-0.2, -0.15) is 5.10 Å². The van der Waals surface area contributed by atoms with Crippen LogP contribution in [0.1, 0.15) is 36.6 Å². The summed E-state index contributed by atoms with van der Waals surface area (Å²) in [6.45, 7) is 9.64. The van der Waals surface area contributed by atoms with E-state index >= 15 is 0 Å². The summed E-state index contributed by atoms with van der Waals surface area (Å²) in [6.07, 6.45) is 3.61. The fraction of sp³-hybridized carbons (Fsp3) is 0.571. The van der Waals surface area contributed by atoms with Crippen molar-refractivity contribution in [1.82, 2.24) is 20.0 Å². The zero-order valence-corrected chi connectivity index (χ0v) is 16.3. The molecule has 1 aromatic carbocycles. The Morgan fingerprint density at radius 1 is 1.15 bits per heavy atom. The second kappa shape index (κ2) is 7.41. The van der Waals surface area contributed by atoms with Gasteiger partial charge in [0.1, 0.15) is 5.82 Å². The molecule has 2 heterocycles. The van der Waals surface area contributed by atoms with Crippen molar-refractivity contribution in [2.45, 2.75) is 45.7 Å². The van der Waals surface area contributed by atoms with Gasteiger partial charge < -0.3 is 15.1 Å². The highest BCUT2D eigenvalue weighted by Gasteiger charge is 2.27. The van der Waals surface area contributed by atoms with Crippen LogP contribution in [0.4, 0.5) is 5.82 Å². The third-order valence-corrected chi connectivity index (χ3v) is 5.57. The molecule has 0 unspecified atom stereocenters. The number of anilines is 1. The molecule has 2 fully saturated rings. The van der Waals surface area contributed by atoms with Crippen molar-refractivity contribution < 1.29 is 0 Å². The normalized spacial score (nSPS) is 18.5. The van der Waals surface area contributed by atoms with Crippen LogP contribution in [-0.2, 0) is 13.0 Å². The Morgan fingerprint density at radius 3 is 2.58 bits per heavy atom. The Balaban J connectivity index is 1.75. The minimum atomic E-state index is 0.711. The van der Waals surface area contributed by atoms with Gasteiger partial charge in [0.15, 0.2) is 0 Å². The average Bonchev–Trinajstić information content (AvgIpc) is 3.40. The number of likely N-dealkylation sites (N-methyl/N-ethyl adjacent to an activating group) is 1. The summed E-state index contributed by atoms with van der Waals surface area (Å²) in [5.41, 5.74) is 5.07. The van der Waals surface area contributed by atoms with E-state index in [4.69, 9.17) is 5.10 Å². The molecule has 5 heteroatoms. The summed E-state index contributed by atoms with van der Waals surface area (Å²) in [6, 6.07) is 9.41. The number of aryl methyl sites for hydroxylation is 2. The molecule has 1 aromatic heterocycles. The molecule has 1 saturated heterocycles. The van der Waals surface area contributed by atoms with Crippen molar-refractivity contribution in [3.8, 4) is 5.69 Å². The van der Waals surface area contributed by atoms with Gasteiger partial charge in [0.2, 0.25) is 0 Å². The van der Waals surface area contributed by atoms with Gasteiger partial charge in [-0.1, -0.05) is 19.1 Å². The number of benzene rings is 1. The predicted molar refractivity (Wildman–Crippen MR) is 107 cm³/mol. The van der Waals surface area contributed by atoms with E-state index in [1.165, 1.54) is 41.2 Å². The van der Waals surface area contributed by atoms with Gasteiger partial charge in [-0.3, -0.25) is 0 Å². The third kappa shape index (κ3) is 3.64. The summed E-state index contributed by atoms with van der Waals surface area (Å²) in [5.74, 6) is 1.30. The molecule has 0 radical (unpaired) electrons. The average molecular weight is 354 g/mol. The lowest BCUT2D eigenvalue weighted by molar-refractivity contribution is 0.311. The zero-order valence-electron chi connectivity index (χ0n) is 16.3. The van der Waals surface area contributed by atoms with Crippen molar-refractivity contribution in [2.24, 2.45) is 0 Å². The molecule has 140 valence electrons. The van der Waals surface area contributed by atoms with E-state index in [0.29, 0.717) is 6.04 Å². The third-order valence-electron chi connectivity index (χ3n) is 5.57. The first-order valence-electron chi connectivity index (χ1n) is 10.0. The van der Waals surface area contributed by atoms with Crippen LogP contribution < -0.4 is 10.2 Å². The minimum absolute atomic E-state index is 0.711. The van der Waals surface area contributed by atoms with Crippen LogP contribution in [0.5, 0.6) is 0 Å². The largest absolute Gasteiger partial charge is 0.354 e. The van der Waals surface area contributed by atoms with E-state index in [1.54, 1.807) is 0 Å². The molecule has 4 rings (SSSR count). The first kappa shape index (κ1) is 17.6. The molecule has 0 bridgehead atoms. The fourth-order valence-electron chi connectivity index (χ4n) is 3.77. The van der Waals surface area contributed by atoms with Crippen molar-refractivity contribution in [3.63, 3.8) is 0 Å². The zero-order chi connectivity index (χ0) is 18.1. The summed E-state index contributed by atoms with van der Waals surface area (Å²) < 4.78 is 2.20. The van der Waals surface area contributed by atoms with Crippen LogP contribution >= 0.6 is 0 Å². The number of piperazine rings is 1. The van der Waals surface area contributed by atoms with Crippen LogP contribution in [0.2, 0.25) is 0 Å². The number of hydrogen-bond acceptors (Lipinski definition) is 4. The standard InChI is InChI=1S/C21H31N5/c1-4-20-19(15-22-17-8-9-17)21(25-12-10-24(3)11-13-25)26(23-20)18-7-5-6-16(2)14-18/h5-7,14,17,22H,4,8-13,15H2,1-3H3. The molecular formula is C21H31N5. The van der Waals surface area contributed by atoms with Gasteiger partial charge in [0.25, 0.3) is 0 Å². The maximum absolute atomic E-state index is 5.05. The van der Waals surface area contributed by atoms with Crippen molar-refractivity contribution >= 4 is 5.82 Å². The first-order chi connectivity index (χ1) is 12.7. The van der Waals surface area contributed by atoms with E-state index in [0.717, 1.165) is 39.1 Å². The number of hydrogen-bond donors (Lipinski definition) is 1. The molecule has 0 spiro atoms. The van der Waals surface area contributed by atoms with Crippen LogP contribution in [0.25, 0.3) is 5.69 Å². The lowest BCUT2D eigenvalue weighted by atomic mass is 10.1. The molecule has 0 atom stereocenters. The maximum Gasteiger partial charge on any atom is 0.137 e. The number of nitrogens with zero attached hydrogens (tertiary/aromatic N) is 4. The molecule has 1 saturated carbocycles. The van der Waals surface area contributed by atoms with Crippen LogP contribution in [0.15, 0.2) is 24.3 Å². The predicted octanol–water partition coefficient (Wildman–Crippen LogP) is 2.75. The van der Waals surface area contributed by atoms with E-state index in [1.807, 2.05) is 0 Å². The lowest BCUT2D eigenvalue weighted by Crippen LogP contribution is -2.45. The molecule has 2 aliphatic rings. The van der Waals surface area contributed by atoms with Gasteiger partial charge >= 0.3 is 0 Å². The minimum Gasteiger partial charge on any atom is -0.354 e. The Labute approximate surface area is 157 Å². The van der Waals surface area contributed by atoms with Crippen molar-refractivity contribution in [3.05, 3.63) is 41.1 Å².